The monoisotopic (exact) mass is 233 g/mol. The Labute approximate surface area is 102 Å². The molecule has 3 nitrogen and oxygen atoms in total. The molecule has 1 saturated heterocycles. The van der Waals surface area contributed by atoms with Gasteiger partial charge in [-0.05, 0) is 32.8 Å². The first-order valence-electron chi connectivity index (χ1n) is 5.96. The molecular weight excluding hydrogens is 214 g/mol. The molecule has 0 radical (unpaired) electrons. The maximum Gasteiger partial charge on any atom is 0.254 e. The fourth-order valence-electron chi connectivity index (χ4n) is 2.42. The minimum Gasteiger partial charge on any atom is -0.381 e. The molecule has 0 aliphatic carbocycles. The number of nitrogens with zero attached hydrogens (tertiary/aromatic N) is 1. The zero-order valence-corrected chi connectivity index (χ0v) is 10.6. The van der Waals surface area contributed by atoms with Crippen molar-refractivity contribution < 1.29 is 9.90 Å². The Morgan fingerprint density at radius 1 is 1.24 bits per heavy atom. The van der Waals surface area contributed by atoms with E-state index in [1.54, 1.807) is 4.90 Å². The normalized spacial score (nSPS) is 24.7. The molecule has 1 N–H and O–H groups in total. The van der Waals surface area contributed by atoms with E-state index in [1.165, 1.54) is 0 Å². The van der Waals surface area contributed by atoms with Gasteiger partial charge in [0.25, 0.3) is 5.91 Å². The molecule has 17 heavy (non-hydrogen) atoms. The predicted molar refractivity (Wildman–Crippen MR) is 66.5 cm³/mol. The predicted octanol–water partition coefficient (Wildman–Crippen LogP) is 1.60. The van der Waals surface area contributed by atoms with Crippen LogP contribution in [0.3, 0.4) is 0 Å². The highest BCUT2D eigenvalue weighted by atomic mass is 16.3. The maximum absolute atomic E-state index is 11.7. The number of rotatable bonds is 2. The summed E-state index contributed by atoms with van der Waals surface area (Å²) in [5.74, 6) is -0.154. The van der Waals surface area contributed by atoms with Crippen LogP contribution < -0.4 is 0 Å². The average Bonchev–Trinajstić information content (AvgIpc) is 2.27. The number of aliphatic hydroxyl groups is 1. The third-order valence-electron chi connectivity index (χ3n) is 3.20. The summed E-state index contributed by atoms with van der Waals surface area (Å²) >= 11 is 0. The quantitative estimate of drug-likeness (QED) is 0.788. The van der Waals surface area contributed by atoms with Gasteiger partial charge in [0, 0.05) is 5.54 Å². The van der Waals surface area contributed by atoms with Gasteiger partial charge in [0.1, 0.15) is 0 Å². The van der Waals surface area contributed by atoms with E-state index in [2.05, 4.69) is 0 Å². The molecule has 2 atom stereocenters. The van der Waals surface area contributed by atoms with E-state index in [0.29, 0.717) is 6.42 Å². The van der Waals surface area contributed by atoms with Crippen LogP contribution in [-0.4, -0.2) is 33.6 Å². The van der Waals surface area contributed by atoms with Crippen LogP contribution in [0, 0.1) is 0 Å². The van der Waals surface area contributed by atoms with Crippen LogP contribution in [0.25, 0.3) is 0 Å². The second kappa shape index (κ2) is 4.15. The lowest BCUT2D eigenvalue weighted by Gasteiger charge is -2.52. The lowest BCUT2D eigenvalue weighted by molar-refractivity contribution is -0.176. The zero-order valence-electron chi connectivity index (χ0n) is 10.6. The summed E-state index contributed by atoms with van der Waals surface area (Å²) in [5.41, 5.74) is 0.925. The largest absolute Gasteiger partial charge is 0.381 e. The van der Waals surface area contributed by atoms with Crippen LogP contribution in [0.2, 0.25) is 0 Å². The summed E-state index contributed by atoms with van der Waals surface area (Å²) in [6.45, 7) is 5.98. The number of benzene rings is 1. The summed E-state index contributed by atoms with van der Waals surface area (Å²) in [6, 6.07) is 9.87. The van der Waals surface area contributed by atoms with Crippen LogP contribution in [0.5, 0.6) is 0 Å². The van der Waals surface area contributed by atoms with E-state index in [4.69, 9.17) is 0 Å². The molecule has 0 bridgehead atoms. The van der Waals surface area contributed by atoms with E-state index in [9.17, 15) is 9.90 Å². The molecule has 0 spiro atoms. The number of β-lactam (4-membered cyclic amide) rings is 1. The van der Waals surface area contributed by atoms with Crippen LogP contribution >= 0.6 is 0 Å². The van der Waals surface area contributed by atoms with Crippen molar-refractivity contribution in [2.75, 3.05) is 0 Å². The van der Waals surface area contributed by atoms with Gasteiger partial charge in [-0.1, -0.05) is 30.3 Å². The minimum atomic E-state index is -0.838. The molecule has 1 aliphatic rings. The van der Waals surface area contributed by atoms with Crippen molar-refractivity contribution in [3.8, 4) is 0 Å². The van der Waals surface area contributed by atoms with Gasteiger partial charge in [0.15, 0.2) is 6.10 Å². The van der Waals surface area contributed by atoms with E-state index in [1.807, 2.05) is 51.1 Å². The third-order valence-corrected chi connectivity index (χ3v) is 3.20. The van der Waals surface area contributed by atoms with Crippen LogP contribution in [0.15, 0.2) is 30.3 Å². The number of hydrogen-bond donors (Lipinski definition) is 1. The summed E-state index contributed by atoms with van der Waals surface area (Å²) in [5, 5.41) is 9.78. The second-order valence-corrected chi connectivity index (χ2v) is 5.58. The van der Waals surface area contributed by atoms with Crippen molar-refractivity contribution in [1.29, 1.82) is 0 Å². The Balaban J connectivity index is 2.13. The first kappa shape index (κ1) is 12.1. The molecule has 1 aromatic carbocycles. The Bertz CT molecular complexity index is 408. The van der Waals surface area contributed by atoms with Crippen LogP contribution in [-0.2, 0) is 11.2 Å². The Hall–Kier alpha value is -1.35. The minimum absolute atomic E-state index is 0.0927. The average molecular weight is 233 g/mol. The lowest BCUT2D eigenvalue weighted by atomic mass is 9.86. The number of likely N-dealkylation sites (tertiary alicyclic amines) is 1. The molecule has 0 unspecified atom stereocenters. The molecule has 1 amide bonds. The molecule has 0 saturated carbocycles. The Kier molecular flexibility index (Phi) is 2.96. The number of amides is 1. The van der Waals surface area contributed by atoms with Gasteiger partial charge in [0.2, 0.25) is 0 Å². The SMILES string of the molecule is CC(C)(C)N1C(=O)[C@H](O)[C@@H]1Cc1ccccc1. The molecular formula is C14H19NO2. The van der Waals surface area contributed by atoms with Gasteiger partial charge in [-0.15, -0.1) is 0 Å². The summed E-state index contributed by atoms with van der Waals surface area (Å²) in [4.78, 5) is 13.5. The summed E-state index contributed by atoms with van der Waals surface area (Å²) < 4.78 is 0. The number of carbonyl (C=O) groups excluding carboxylic acids is 1. The van der Waals surface area contributed by atoms with Crippen LogP contribution in [0.1, 0.15) is 26.3 Å². The second-order valence-electron chi connectivity index (χ2n) is 5.58. The van der Waals surface area contributed by atoms with Gasteiger partial charge >= 0.3 is 0 Å². The number of hydrogen-bond acceptors (Lipinski definition) is 2. The molecule has 1 fully saturated rings. The number of carbonyl (C=O) groups is 1. The van der Waals surface area contributed by atoms with Gasteiger partial charge < -0.3 is 10.0 Å². The molecule has 0 aromatic heterocycles. The van der Waals surface area contributed by atoms with Crippen LogP contribution in [0.4, 0.5) is 0 Å². The van der Waals surface area contributed by atoms with Crippen molar-refractivity contribution in [2.24, 2.45) is 0 Å². The smallest absolute Gasteiger partial charge is 0.254 e. The molecule has 2 rings (SSSR count). The van der Waals surface area contributed by atoms with Gasteiger partial charge in [0.05, 0.1) is 6.04 Å². The van der Waals surface area contributed by atoms with Crippen molar-refractivity contribution in [2.45, 2.75) is 44.9 Å². The third kappa shape index (κ3) is 2.20. The highest BCUT2D eigenvalue weighted by Gasteiger charge is 2.50. The fraction of sp³-hybridized carbons (Fsp3) is 0.500. The van der Waals surface area contributed by atoms with Crippen molar-refractivity contribution in [3.05, 3.63) is 35.9 Å². The first-order valence-corrected chi connectivity index (χ1v) is 5.96. The summed E-state index contributed by atoms with van der Waals surface area (Å²) in [6.07, 6.45) is -0.125. The first-order chi connectivity index (χ1) is 7.91. The van der Waals surface area contributed by atoms with Crippen molar-refractivity contribution in [1.82, 2.24) is 4.90 Å². The van der Waals surface area contributed by atoms with Gasteiger partial charge in [-0.2, -0.15) is 0 Å². The lowest BCUT2D eigenvalue weighted by Crippen LogP contribution is -2.70. The molecule has 1 aliphatic heterocycles. The van der Waals surface area contributed by atoms with E-state index in [0.717, 1.165) is 5.56 Å². The molecule has 1 aromatic rings. The van der Waals surface area contributed by atoms with E-state index >= 15 is 0 Å². The van der Waals surface area contributed by atoms with Gasteiger partial charge in [-0.3, -0.25) is 4.79 Å². The van der Waals surface area contributed by atoms with Crippen molar-refractivity contribution >= 4 is 5.91 Å². The maximum atomic E-state index is 11.7. The topological polar surface area (TPSA) is 40.5 Å². The van der Waals surface area contributed by atoms with Gasteiger partial charge in [-0.25, -0.2) is 0 Å². The summed E-state index contributed by atoms with van der Waals surface area (Å²) in [7, 11) is 0. The zero-order chi connectivity index (χ0) is 12.6. The number of aliphatic hydroxyl groups excluding tert-OH is 1. The Morgan fingerprint density at radius 3 is 2.35 bits per heavy atom. The fourth-order valence-corrected chi connectivity index (χ4v) is 2.42. The standard InChI is InChI=1S/C14H19NO2/c1-14(2,3)15-11(12(16)13(15)17)9-10-7-5-4-6-8-10/h4-8,11-12,16H,9H2,1-3H3/t11-,12+/m0/s1. The van der Waals surface area contributed by atoms with E-state index in [-0.39, 0.29) is 17.5 Å². The van der Waals surface area contributed by atoms with E-state index < -0.39 is 6.10 Å². The highest BCUT2D eigenvalue weighted by molar-refractivity contribution is 5.88. The highest BCUT2D eigenvalue weighted by Crippen LogP contribution is 2.31. The van der Waals surface area contributed by atoms with Crippen molar-refractivity contribution in [3.63, 3.8) is 0 Å². The Morgan fingerprint density at radius 2 is 1.82 bits per heavy atom. The molecule has 3 heteroatoms. The molecule has 92 valence electrons. The molecule has 1 heterocycles.